The molecule has 8 rings (SSSR count). The van der Waals surface area contributed by atoms with Crippen molar-refractivity contribution in [1.82, 2.24) is 9.80 Å². The van der Waals surface area contributed by atoms with E-state index in [0.717, 1.165) is 23.1 Å². The number of fused-ring (bicyclic) bond motifs is 5. The lowest BCUT2D eigenvalue weighted by atomic mass is 10.0. The van der Waals surface area contributed by atoms with Crippen molar-refractivity contribution < 1.29 is 38.0 Å². The minimum absolute atomic E-state index is 0.0877. The number of rotatable bonds is 9. The molecule has 0 N–H and O–H groups in total. The van der Waals surface area contributed by atoms with E-state index in [2.05, 4.69) is 4.99 Å². The molecule has 3 aromatic rings. The third-order valence-corrected chi connectivity index (χ3v) is 9.14. The zero-order chi connectivity index (χ0) is 33.6. The Hall–Kier alpha value is -5.78. The summed E-state index contributed by atoms with van der Waals surface area (Å²) in [4.78, 5) is 39.7. The number of amides is 2. The molecule has 5 aliphatic rings. The SMILES string of the molecule is COc1cc2c(cc1OCCCOc1cc3c(cc1OC)C(=O)N1C=C(C)C[C@H]1C=N3)N=CC1CC(c3ccc4c(c3)OCO4)=CN1C2=O. The molecule has 0 spiro atoms. The van der Waals surface area contributed by atoms with Crippen LogP contribution in [0, 0.1) is 0 Å². The van der Waals surface area contributed by atoms with Crippen LogP contribution in [0.25, 0.3) is 5.57 Å². The maximum atomic E-state index is 13.7. The summed E-state index contributed by atoms with van der Waals surface area (Å²) in [5, 5.41) is 0. The number of carbonyl (C=O) groups excluding carboxylic acids is 2. The van der Waals surface area contributed by atoms with Gasteiger partial charge in [0.15, 0.2) is 34.5 Å². The second-order valence-corrected chi connectivity index (χ2v) is 12.3. The van der Waals surface area contributed by atoms with Crippen LogP contribution < -0.4 is 28.4 Å². The Kier molecular flexibility index (Phi) is 7.70. The molecule has 1 unspecified atom stereocenters. The van der Waals surface area contributed by atoms with Crippen molar-refractivity contribution >= 4 is 41.2 Å². The van der Waals surface area contributed by atoms with E-state index >= 15 is 0 Å². The average molecular weight is 663 g/mol. The number of hydrogen-bond donors (Lipinski definition) is 0. The molecular formula is C37H34N4O8. The van der Waals surface area contributed by atoms with Crippen LogP contribution in [0.1, 0.15) is 52.5 Å². The van der Waals surface area contributed by atoms with Gasteiger partial charge in [0, 0.05) is 49.8 Å². The number of carbonyl (C=O) groups is 2. The molecule has 0 saturated heterocycles. The Bertz CT molecular complexity index is 2000. The number of nitrogens with zero attached hydrogens (tertiary/aromatic N) is 4. The van der Waals surface area contributed by atoms with Crippen molar-refractivity contribution in [3.05, 3.63) is 77.1 Å². The highest BCUT2D eigenvalue weighted by atomic mass is 16.7. The normalized spacial score (nSPS) is 19.7. The van der Waals surface area contributed by atoms with Crippen molar-refractivity contribution in [3.63, 3.8) is 0 Å². The van der Waals surface area contributed by atoms with Crippen LogP contribution in [0.2, 0.25) is 0 Å². The largest absolute Gasteiger partial charge is 0.493 e. The molecule has 2 atom stereocenters. The maximum Gasteiger partial charge on any atom is 0.260 e. The van der Waals surface area contributed by atoms with Gasteiger partial charge in [0.1, 0.15) is 0 Å². The second-order valence-electron chi connectivity index (χ2n) is 12.3. The Balaban J connectivity index is 0.925. The molecule has 250 valence electrons. The van der Waals surface area contributed by atoms with E-state index in [4.69, 9.17) is 33.4 Å². The Morgan fingerprint density at radius 2 is 1.33 bits per heavy atom. The van der Waals surface area contributed by atoms with E-state index in [1.165, 1.54) is 7.11 Å². The highest BCUT2D eigenvalue weighted by Crippen LogP contribution is 2.42. The first-order valence-electron chi connectivity index (χ1n) is 16.1. The highest BCUT2D eigenvalue weighted by Gasteiger charge is 2.34. The van der Waals surface area contributed by atoms with Crippen LogP contribution in [-0.4, -0.2) is 80.4 Å². The fourth-order valence-corrected chi connectivity index (χ4v) is 6.64. The predicted molar refractivity (Wildman–Crippen MR) is 181 cm³/mol. The van der Waals surface area contributed by atoms with Crippen LogP contribution in [0.4, 0.5) is 11.4 Å². The summed E-state index contributed by atoms with van der Waals surface area (Å²) in [6.07, 6.45) is 9.30. The Morgan fingerprint density at radius 3 is 1.96 bits per heavy atom. The summed E-state index contributed by atoms with van der Waals surface area (Å²) in [7, 11) is 3.08. The van der Waals surface area contributed by atoms with E-state index in [9.17, 15) is 9.59 Å². The van der Waals surface area contributed by atoms with E-state index in [-0.39, 0.29) is 30.7 Å². The van der Waals surface area contributed by atoms with E-state index in [0.29, 0.717) is 83.1 Å². The first-order chi connectivity index (χ1) is 23.9. The van der Waals surface area contributed by atoms with Gasteiger partial charge in [-0.15, -0.1) is 0 Å². The zero-order valence-electron chi connectivity index (χ0n) is 27.3. The van der Waals surface area contributed by atoms with Crippen LogP contribution >= 0.6 is 0 Å². The molecule has 5 heterocycles. The molecule has 2 amide bonds. The third-order valence-electron chi connectivity index (χ3n) is 9.14. The molecule has 12 heteroatoms. The summed E-state index contributed by atoms with van der Waals surface area (Å²) in [6, 6.07) is 12.3. The molecule has 12 nitrogen and oxygen atoms in total. The van der Waals surface area contributed by atoms with Crippen LogP contribution in [0.15, 0.2) is 70.4 Å². The quantitative estimate of drug-likeness (QED) is 0.253. The molecule has 3 aromatic carbocycles. The number of benzene rings is 3. The number of ether oxygens (including phenoxy) is 6. The molecule has 0 aliphatic carbocycles. The van der Waals surface area contributed by atoms with Crippen LogP contribution in [-0.2, 0) is 0 Å². The number of aliphatic imine (C=N–C) groups is 2. The minimum Gasteiger partial charge on any atom is -0.493 e. The topological polar surface area (TPSA) is 121 Å². The first-order valence-corrected chi connectivity index (χ1v) is 16.1. The van der Waals surface area contributed by atoms with Gasteiger partial charge in [-0.2, -0.15) is 0 Å². The zero-order valence-corrected chi connectivity index (χ0v) is 27.3. The lowest BCUT2D eigenvalue weighted by Crippen LogP contribution is -2.32. The van der Waals surface area contributed by atoms with Gasteiger partial charge in [-0.1, -0.05) is 11.6 Å². The first kappa shape index (κ1) is 30.5. The summed E-state index contributed by atoms with van der Waals surface area (Å²) in [6.45, 7) is 2.85. The lowest BCUT2D eigenvalue weighted by molar-refractivity contribution is 0.0809. The van der Waals surface area contributed by atoms with Gasteiger partial charge in [0.2, 0.25) is 6.79 Å². The molecule has 0 saturated carbocycles. The highest BCUT2D eigenvalue weighted by molar-refractivity contribution is 6.06. The van der Waals surface area contributed by atoms with Gasteiger partial charge in [0.25, 0.3) is 11.8 Å². The monoisotopic (exact) mass is 662 g/mol. The van der Waals surface area contributed by atoms with Gasteiger partial charge in [-0.3, -0.25) is 19.6 Å². The van der Waals surface area contributed by atoms with Crippen molar-refractivity contribution in [2.45, 2.75) is 38.3 Å². The maximum absolute atomic E-state index is 13.7. The summed E-state index contributed by atoms with van der Waals surface area (Å²) < 4.78 is 34.3. The Morgan fingerprint density at radius 1 is 0.735 bits per heavy atom. The second kappa shape index (κ2) is 12.3. The average Bonchev–Trinajstić information content (AvgIpc) is 3.83. The molecule has 0 radical (unpaired) electrons. The van der Waals surface area contributed by atoms with Crippen molar-refractivity contribution in [2.24, 2.45) is 9.98 Å². The van der Waals surface area contributed by atoms with E-state index in [1.54, 1.807) is 47.4 Å². The molecule has 0 aromatic heterocycles. The van der Waals surface area contributed by atoms with Gasteiger partial charge in [-0.05, 0) is 48.7 Å². The van der Waals surface area contributed by atoms with E-state index in [1.807, 2.05) is 43.7 Å². The molecule has 5 aliphatic heterocycles. The minimum atomic E-state index is -0.222. The smallest absolute Gasteiger partial charge is 0.260 e. The fraction of sp³-hybridized carbons (Fsp3) is 0.297. The molecule has 0 fully saturated rings. The summed E-state index contributed by atoms with van der Waals surface area (Å²) in [5.74, 6) is 2.99. The van der Waals surface area contributed by atoms with Crippen LogP contribution in [0.3, 0.4) is 0 Å². The lowest BCUT2D eigenvalue weighted by Gasteiger charge is -2.19. The standard InChI is InChI=1S/C37H34N4O8/c1-21-9-24-16-38-28-14-34(31(44-2)12-26(28)36(42)40(24)18-21)46-7-4-8-47-35-15-29-27(13-32(35)45-3)37(43)41-19-23(10-25(41)17-39-29)22-5-6-30-33(11-22)49-20-48-30/h5-6,11-19,24-25H,4,7-10,20H2,1-3H3/t24-,25?/m0/s1. The number of hydrogen-bond acceptors (Lipinski definition) is 10. The van der Waals surface area contributed by atoms with Crippen molar-refractivity contribution in [1.29, 1.82) is 0 Å². The predicted octanol–water partition coefficient (Wildman–Crippen LogP) is 6.09. The van der Waals surface area contributed by atoms with Crippen molar-refractivity contribution in [2.75, 3.05) is 34.2 Å². The molecular weight excluding hydrogens is 628 g/mol. The van der Waals surface area contributed by atoms with Gasteiger partial charge < -0.3 is 38.2 Å². The summed E-state index contributed by atoms with van der Waals surface area (Å²) in [5.41, 5.74) is 5.08. The van der Waals surface area contributed by atoms with Crippen molar-refractivity contribution in [3.8, 4) is 34.5 Å². The molecule has 49 heavy (non-hydrogen) atoms. The fourth-order valence-electron chi connectivity index (χ4n) is 6.64. The number of methoxy groups -OCH3 is 2. The van der Waals surface area contributed by atoms with E-state index < -0.39 is 0 Å². The van der Waals surface area contributed by atoms with Gasteiger partial charge in [0.05, 0.1) is 62.0 Å². The third kappa shape index (κ3) is 5.52. The van der Waals surface area contributed by atoms with Crippen LogP contribution in [0.5, 0.6) is 34.5 Å². The molecule has 0 bridgehead atoms. The van der Waals surface area contributed by atoms with Gasteiger partial charge in [-0.25, -0.2) is 0 Å². The Labute approximate surface area is 282 Å². The van der Waals surface area contributed by atoms with Gasteiger partial charge >= 0.3 is 0 Å². The summed E-state index contributed by atoms with van der Waals surface area (Å²) >= 11 is 0.